The third-order valence-electron chi connectivity index (χ3n) is 5.33. The molecule has 2 rings (SSSR count). The van der Waals surface area contributed by atoms with Crippen molar-refractivity contribution in [2.75, 3.05) is 26.7 Å². The minimum atomic E-state index is -0.848. The Morgan fingerprint density at radius 3 is 2.59 bits per heavy atom. The SMILES string of the molecule is CCC1(C)CC1C(=O)N(C)CC(=O)N1CCCC(C(=O)O)C1. The van der Waals surface area contributed by atoms with E-state index in [0.29, 0.717) is 19.4 Å². The fourth-order valence-electron chi connectivity index (χ4n) is 3.24. The number of rotatable bonds is 5. The zero-order valence-electron chi connectivity index (χ0n) is 13.7. The molecule has 2 aliphatic rings. The van der Waals surface area contributed by atoms with E-state index in [4.69, 9.17) is 5.11 Å². The van der Waals surface area contributed by atoms with Crippen molar-refractivity contribution in [1.29, 1.82) is 0 Å². The number of carboxylic acids is 1. The topological polar surface area (TPSA) is 77.9 Å². The number of carbonyl (C=O) groups is 3. The predicted molar refractivity (Wildman–Crippen MR) is 81.1 cm³/mol. The van der Waals surface area contributed by atoms with E-state index in [0.717, 1.165) is 12.8 Å². The number of hydrogen-bond donors (Lipinski definition) is 1. The average Bonchev–Trinajstić information content (AvgIpc) is 3.19. The van der Waals surface area contributed by atoms with Crippen molar-refractivity contribution in [2.45, 2.75) is 39.5 Å². The first-order valence-electron chi connectivity index (χ1n) is 8.04. The predicted octanol–water partition coefficient (Wildman–Crippen LogP) is 1.20. The van der Waals surface area contributed by atoms with Gasteiger partial charge in [0.15, 0.2) is 0 Å². The molecule has 0 spiro atoms. The van der Waals surface area contributed by atoms with E-state index in [-0.39, 0.29) is 36.2 Å². The Morgan fingerprint density at radius 2 is 2.05 bits per heavy atom. The summed E-state index contributed by atoms with van der Waals surface area (Å²) in [5.41, 5.74) is 0.0912. The Labute approximate surface area is 131 Å². The van der Waals surface area contributed by atoms with Crippen LogP contribution >= 0.6 is 0 Å². The van der Waals surface area contributed by atoms with E-state index in [9.17, 15) is 14.4 Å². The van der Waals surface area contributed by atoms with Crippen LogP contribution in [0.2, 0.25) is 0 Å². The first-order valence-corrected chi connectivity index (χ1v) is 8.04. The fourth-order valence-corrected chi connectivity index (χ4v) is 3.24. The minimum absolute atomic E-state index is 0.0309. The number of likely N-dealkylation sites (N-methyl/N-ethyl adjacent to an activating group) is 1. The first-order chi connectivity index (χ1) is 10.3. The molecule has 3 unspecified atom stereocenters. The number of hydrogen-bond acceptors (Lipinski definition) is 3. The maximum absolute atomic E-state index is 12.3. The van der Waals surface area contributed by atoms with Gasteiger partial charge in [-0.2, -0.15) is 0 Å². The number of amides is 2. The molecule has 1 N–H and O–H groups in total. The number of piperidine rings is 1. The van der Waals surface area contributed by atoms with Crippen molar-refractivity contribution >= 4 is 17.8 Å². The molecule has 1 aliphatic heterocycles. The number of likely N-dealkylation sites (tertiary alicyclic amines) is 1. The second-order valence-corrected chi connectivity index (χ2v) is 6.98. The molecule has 3 atom stereocenters. The van der Waals surface area contributed by atoms with Crippen LogP contribution in [0.1, 0.15) is 39.5 Å². The Hall–Kier alpha value is -1.59. The van der Waals surface area contributed by atoms with Gasteiger partial charge in [0.25, 0.3) is 0 Å². The van der Waals surface area contributed by atoms with Gasteiger partial charge in [-0.15, -0.1) is 0 Å². The first kappa shape index (κ1) is 16.8. The lowest BCUT2D eigenvalue weighted by atomic mass is 9.98. The van der Waals surface area contributed by atoms with Gasteiger partial charge >= 0.3 is 5.97 Å². The van der Waals surface area contributed by atoms with Gasteiger partial charge in [-0.3, -0.25) is 14.4 Å². The summed E-state index contributed by atoms with van der Waals surface area (Å²) >= 11 is 0. The van der Waals surface area contributed by atoms with Crippen LogP contribution in [0.4, 0.5) is 0 Å². The van der Waals surface area contributed by atoms with Crippen molar-refractivity contribution in [3.05, 3.63) is 0 Å². The molecular formula is C16H26N2O4. The highest BCUT2D eigenvalue weighted by Gasteiger charge is 2.53. The number of aliphatic carboxylic acids is 1. The van der Waals surface area contributed by atoms with Crippen molar-refractivity contribution in [3.8, 4) is 0 Å². The van der Waals surface area contributed by atoms with Gasteiger partial charge in [-0.1, -0.05) is 13.8 Å². The summed E-state index contributed by atoms with van der Waals surface area (Å²) in [6.07, 6.45) is 3.19. The summed E-state index contributed by atoms with van der Waals surface area (Å²) in [6, 6.07) is 0. The lowest BCUT2D eigenvalue weighted by molar-refractivity contribution is -0.147. The van der Waals surface area contributed by atoms with Crippen LogP contribution in [0.25, 0.3) is 0 Å². The molecule has 22 heavy (non-hydrogen) atoms. The molecule has 0 radical (unpaired) electrons. The zero-order chi connectivity index (χ0) is 16.5. The molecule has 1 aliphatic carbocycles. The summed E-state index contributed by atoms with van der Waals surface area (Å²) in [5, 5.41) is 9.07. The molecular weight excluding hydrogens is 284 g/mol. The van der Waals surface area contributed by atoms with Gasteiger partial charge in [-0.05, 0) is 31.1 Å². The Bertz CT molecular complexity index is 479. The van der Waals surface area contributed by atoms with Crippen LogP contribution in [-0.2, 0) is 14.4 Å². The molecule has 1 saturated carbocycles. The molecule has 0 bridgehead atoms. The maximum atomic E-state index is 12.3. The molecule has 0 aromatic rings. The van der Waals surface area contributed by atoms with Crippen LogP contribution in [0, 0.1) is 17.3 Å². The van der Waals surface area contributed by atoms with Crippen LogP contribution in [0.15, 0.2) is 0 Å². The lowest BCUT2D eigenvalue weighted by Crippen LogP contribution is -2.47. The van der Waals surface area contributed by atoms with E-state index in [1.54, 1.807) is 11.9 Å². The van der Waals surface area contributed by atoms with Gasteiger partial charge in [0.2, 0.25) is 11.8 Å². The summed E-state index contributed by atoms with van der Waals surface area (Å²) < 4.78 is 0. The van der Waals surface area contributed by atoms with Gasteiger partial charge in [-0.25, -0.2) is 0 Å². The molecule has 0 aromatic heterocycles. The Morgan fingerprint density at radius 1 is 1.36 bits per heavy atom. The molecule has 124 valence electrons. The van der Waals surface area contributed by atoms with Crippen molar-refractivity contribution in [1.82, 2.24) is 9.80 Å². The zero-order valence-corrected chi connectivity index (χ0v) is 13.7. The standard InChI is InChI=1S/C16H26N2O4/c1-4-16(2)8-12(16)14(20)17(3)10-13(19)18-7-5-6-11(9-18)15(21)22/h11-12H,4-10H2,1-3H3,(H,21,22). The van der Waals surface area contributed by atoms with Crippen molar-refractivity contribution in [3.63, 3.8) is 0 Å². The minimum Gasteiger partial charge on any atom is -0.481 e. The second-order valence-electron chi connectivity index (χ2n) is 6.98. The normalized spacial score (nSPS) is 30.8. The second kappa shape index (κ2) is 6.26. The van der Waals surface area contributed by atoms with E-state index < -0.39 is 11.9 Å². The van der Waals surface area contributed by atoms with Crippen molar-refractivity contribution in [2.24, 2.45) is 17.3 Å². The number of carboxylic acid groups (broad SMARTS) is 1. The van der Waals surface area contributed by atoms with E-state index in [1.807, 2.05) is 0 Å². The van der Waals surface area contributed by atoms with E-state index in [2.05, 4.69) is 13.8 Å². The van der Waals surface area contributed by atoms with Gasteiger partial charge in [0, 0.05) is 26.1 Å². The lowest BCUT2D eigenvalue weighted by Gasteiger charge is -2.32. The highest BCUT2D eigenvalue weighted by Crippen LogP contribution is 2.55. The molecule has 6 nitrogen and oxygen atoms in total. The van der Waals surface area contributed by atoms with Gasteiger partial charge < -0.3 is 14.9 Å². The van der Waals surface area contributed by atoms with Crippen LogP contribution in [0.5, 0.6) is 0 Å². The number of nitrogens with zero attached hydrogens (tertiary/aromatic N) is 2. The maximum Gasteiger partial charge on any atom is 0.308 e. The van der Waals surface area contributed by atoms with Crippen LogP contribution < -0.4 is 0 Å². The Kier molecular flexibility index (Phi) is 4.78. The quantitative estimate of drug-likeness (QED) is 0.828. The summed E-state index contributed by atoms with van der Waals surface area (Å²) in [4.78, 5) is 38.8. The fraction of sp³-hybridized carbons (Fsp3) is 0.812. The third-order valence-corrected chi connectivity index (χ3v) is 5.33. The number of carbonyl (C=O) groups excluding carboxylic acids is 2. The smallest absolute Gasteiger partial charge is 0.308 e. The van der Waals surface area contributed by atoms with Crippen molar-refractivity contribution < 1.29 is 19.5 Å². The molecule has 1 saturated heterocycles. The summed E-state index contributed by atoms with van der Waals surface area (Å²) in [6.45, 7) is 5.07. The van der Waals surface area contributed by atoms with Crippen LogP contribution in [0.3, 0.4) is 0 Å². The van der Waals surface area contributed by atoms with Crippen LogP contribution in [-0.4, -0.2) is 59.4 Å². The Balaban J connectivity index is 1.86. The summed E-state index contributed by atoms with van der Waals surface area (Å²) in [5.74, 6) is -1.42. The molecule has 0 aromatic carbocycles. The average molecular weight is 310 g/mol. The highest BCUT2D eigenvalue weighted by atomic mass is 16.4. The largest absolute Gasteiger partial charge is 0.481 e. The molecule has 6 heteroatoms. The third kappa shape index (κ3) is 3.42. The molecule has 1 heterocycles. The monoisotopic (exact) mass is 310 g/mol. The molecule has 2 fully saturated rings. The summed E-state index contributed by atoms with van der Waals surface area (Å²) in [7, 11) is 1.66. The van der Waals surface area contributed by atoms with E-state index >= 15 is 0 Å². The van der Waals surface area contributed by atoms with Gasteiger partial charge in [0.05, 0.1) is 12.5 Å². The van der Waals surface area contributed by atoms with E-state index in [1.165, 1.54) is 4.90 Å². The molecule has 2 amide bonds. The van der Waals surface area contributed by atoms with Gasteiger partial charge in [0.1, 0.15) is 0 Å². The highest BCUT2D eigenvalue weighted by molar-refractivity contribution is 5.88.